The van der Waals surface area contributed by atoms with Gasteiger partial charge in [-0.25, -0.2) is 4.39 Å². The summed E-state index contributed by atoms with van der Waals surface area (Å²) < 4.78 is 13.3. The van der Waals surface area contributed by atoms with E-state index in [2.05, 4.69) is 13.8 Å². The van der Waals surface area contributed by atoms with Crippen LogP contribution in [0.25, 0.3) is 0 Å². The molecule has 1 fully saturated rings. The SMILES string of the molecule is Cc1ccc(F)cc1CC(=O)C1CCCCC1(C)C. The van der Waals surface area contributed by atoms with Crippen LogP contribution in [0.2, 0.25) is 0 Å². The topological polar surface area (TPSA) is 17.1 Å². The third-order valence-electron chi connectivity index (χ3n) is 4.57. The van der Waals surface area contributed by atoms with Crippen molar-refractivity contribution in [3.8, 4) is 0 Å². The van der Waals surface area contributed by atoms with Gasteiger partial charge in [-0.15, -0.1) is 0 Å². The van der Waals surface area contributed by atoms with Gasteiger partial charge in [-0.1, -0.05) is 32.8 Å². The van der Waals surface area contributed by atoms with Crippen LogP contribution < -0.4 is 0 Å². The van der Waals surface area contributed by atoms with E-state index in [0.717, 1.165) is 30.4 Å². The Balaban J connectivity index is 2.14. The highest BCUT2D eigenvalue weighted by atomic mass is 19.1. The molecule has 0 aromatic heterocycles. The molecule has 0 N–H and O–H groups in total. The van der Waals surface area contributed by atoms with E-state index in [9.17, 15) is 9.18 Å². The smallest absolute Gasteiger partial charge is 0.140 e. The predicted molar refractivity (Wildman–Crippen MR) is 75.6 cm³/mol. The second-order valence-corrected chi connectivity index (χ2v) is 6.50. The summed E-state index contributed by atoms with van der Waals surface area (Å²) in [5, 5.41) is 0. The summed E-state index contributed by atoms with van der Waals surface area (Å²) in [4.78, 5) is 12.5. The summed E-state index contributed by atoms with van der Waals surface area (Å²) in [5.41, 5.74) is 1.94. The minimum absolute atomic E-state index is 0.0938. The number of aryl methyl sites for hydroxylation is 1. The van der Waals surface area contributed by atoms with Crippen molar-refractivity contribution in [1.29, 1.82) is 0 Å². The highest BCUT2D eigenvalue weighted by molar-refractivity contribution is 5.84. The van der Waals surface area contributed by atoms with Crippen LogP contribution in [0.3, 0.4) is 0 Å². The van der Waals surface area contributed by atoms with Crippen LogP contribution in [0.4, 0.5) is 4.39 Å². The Labute approximate surface area is 115 Å². The maximum Gasteiger partial charge on any atom is 0.140 e. The molecule has 1 saturated carbocycles. The lowest BCUT2D eigenvalue weighted by Crippen LogP contribution is -2.35. The monoisotopic (exact) mass is 262 g/mol. The molecule has 1 aromatic rings. The fourth-order valence-electron chi connectivity index (χ4n) is 3.23. The second kappa shape index (κ2) is 5.44. The van der Waals surface area contributed by atoms with E-state index in [1.807, 2.05) is 6.92 Å². The Hall–Kier alpha value is -1.18. The molecule has 0 spiro atoms. The summed E-state index contributed by atoms with van der Waals surface area (Å²) in [6.45, 7) is 6.31. The molecule has 1 atom stereocenters. The number of benzene rings is 1. The molecule has 19 heavy (non-hydrogen) atoms. The first-order chi connectivity index (χ1) is 8.90. The Morgan fingerprint density at radius 3 is 2.79 bits per heavy atom. The predicted octanol–water partition coefficient (Wildman–Crippen LogP) is 4.46. The quantitative estimate of drug-likeness (QED) is 0.786. The number of hydrogen-bond donors (Lipinski definition) is 0. The molecule has 0 bridgehead atoms. The van der Waals surface area contributed by atoms with E-state index in [-0.39, 0.29) is 22.9 Å². The van der Waals surface area contributed by atoms with Crippen molar-refractivity contribution >= 4 is 5.78 Å². The molecule has 0 amide bonds. The average molecular weight is 262 g/mol. The van der Waals surface area contributed by atoms with E-state index in [4.69, 9.17) is 0 Å². The number of rotatable bonds is 3. The van der Waals surface area contributed by atoms with Crippen molar-refractivity contribution in [2.24, 2.45) is 11.3 Å². The first-order valence-electron chi connectivity index (χ1n) is 7.18. The Morgan fingerprint density at radius 2 is 2.11 bits per heavy atom. The number of ketones is 1. The van der Waals surface area contributed by atoms with Crippen molar-refractivity contribution in [1.82, 2.24) is 0 Å². The Kier molecular flexibility index (Phi) is 4.07. The molecule has 1 nitrogen and oxygen atoms in total. The summed E-state index contributed by atoms with van der Waals surface area (Å²) >= 11 is 0. The van der Waals surface area contributed by atoms with E-state index in [0.29, 0.717) is 6.42 Å². The Morgan fingerprint density at radius 1 is 1.37 bits per heavy atom. The molecule has 1 aliphatic rings. The van der Waals surface area contributed by atoms with Crippen LogP contribution in [0.1, 0.15) is 50.7 Å². The molecule has 0 saturated heterocycles. The van der Waals surface area contributed by atoms with E-state index >= 15 is 0 Å². The molecule has 2 heteroatoms. The third-order valence-corrected chi connectivity index (χ3v) is 4.57. The third kappa shape index (κ3) is 3.23. The largest absolute Gasteiger partial charge is 0.299 e. The van der Waals surface area contributed by atoms with Gasteiger partial charge in [0.15, 0.2) is 0 Å². The molecule has 0 aliphatic heterocycles. The maximum absolute atomic E-state index is 13.3. The molecule has 104 valence electrons. The lowest BCUT2D eigenvalue weighted by Gasteiger charge is -2.37. The molecule has 1 unspecified atom stereocenters. The van der Waals surface area contributed by atoms with Gasteiger partial charge in [-0.2, -0.15) is 0 Å². The van der Waals surface area contributed by atoms with Crippen molar-refractivity contribution in [3.63, 3.8) is 0 Å². The highest BCUT2D eigenvalue weighted by Gasteiger charge is 2.36. The summed E-state index contributed by atoms with van der Waals surface area (Å²) in [6, 6.07) is 4.71. The zero-order valence-electron chi connectivity index (χ0n) is 12.1. The fourth-order valence-corrected chi connectivity index (χ4v) is 3.23. The van der Waals surface area contributed by atoms with Gasteiger partial charge in [0.1, 0.15) is 11.6 Å². The number of halogens is 1. The lowest BCUT2D eigenvalue weighted by atomic mass is 9.66. The first kappa shape index (κ1) is 14.2. The minimum Gasteiger partial charge on any atom is -0.299 e. The summed E-state index contributed by atoms with van der Waals surface area (Å²) in [5.74, 6) is 0.152. The molecule has 1 aliphatic carbocycles. The minimum atomic E-state index is -0.253. The Bertz CT molecular complexity index is 476. The summed E-state index contributed by atoms with van der Waals surface area (Å²) in [7, 11) is 0. The van der Waals surface area contributed by atoms with Gasteiger partial charge in [-0.3, -0.25) is 4.79 Å². The molecular weight excluding hydrogens is 239 g/mol. The zero-order chi connectivity index (χ0) is 14.0. The van der Waals surface area contributed by atoms with Gasteiger partial charge < -0.3 is 0 Å². The van der Waals surface area contributed by atoms with E-state index < -0.39 is 0 Å². The van der Waals surface area contributed by atoms with Crippen LogP contribution in [-0.2, 0) is 11.2 Å². The lowest BCUT2D eigenvalue weighted by molar-refractivity contribution is -0.127. The van der Waals surface area contributed by atoms with Crippen LogP contribution in [0.5, 0.6) is 0 Å². The van der Waals surface area contributed by atoms with Crippen molar-refractivity contribution in [3.05, 3.63) is 35.1 Å². The molecule has 2 rings (SSSR count). The molecule has 1 aromatic carbocycles. The van der Waals surface area contributed by atoms with Crippen LogP contribution in [-0.4, -0.2) is 5.78 Å². The van der Waals surface area contributed by atoms with Crippen molar-refractivity contribution < 1.29 is 9.18 Å². The van der Waals surface area contributed by atoms with Gasteiger partial charge in [0.05, 0.1) is 0 Å². The number of carbonyl (C=O) groups excluding carboxylic acids is 1. The normalized spacial score (nSPS) is 22.2. The van der Waals surface area contributed by atoms with Gasteiger partial charge >= 0.3 is 0 Å². The highest BCUT2D eigenvalue weighted by Crippen LogP contribution is 2.41. The van der Waals surface area contributed by atoms with Crippen molar-refractivity contribution in [2.45, 2.75) is 52.9 Å². The maximum atomic E-state index is 13.3. The molecular formula is C17H23FO. The number of carbonyl (C=O) groups is 1. The number of Topliss-reactive ketones (excluding diaryl/α,β-unsaturated/α-hetero) is 1. The number of hydrogen-bond acceptors (Lipinski definition) is 1. The van der Waals surface area contributed by atoms with Crippen LogP contribution in [0.15, 0.2) is 18.2 Å². The van der Waals surface area contributed by atoms with Gasteiger partial charge in [0, 0.05) is 12.3 Å². The van der Waals surface area contributed by atoms with Crippen LogP contribution >= 0.6 is 0 Å². The van der Waals surface area contributed by atoms with Gasteiger partial charge in [-0.05, 0) is 48.4 Å². The van der Waals surface area contributed by atoms with Gasteiger partial charge in [0.25, 0.3) is 0 Å². The van der Waals surface area contributed by atoms with Gasteiger partial charge in [0.2, 0.25) is 0 Å². The van der Waals surface area contributed by atoms with E-state index in [1.54, 1.807) is 6.07 Å². The molecule has 0 heterocycles. The standard InChI is InChI=1S/C17H23FO/c1-12-7-8-14(18)10-13(12)11-16(19)15-6-4-5-9-17(15,2)3/h7-8,10,15H,4-6,9,11H2,1-3H3. The fraction of sp³-hybridized carbons (Fsp3) is 0.588. The summed E-state index contributed by atoms with van der Waals surface area (Å²) in [6.07, 6.45) is 4.83. The average Bonchev–Trinajstić information content (AvgIpc) is 2.33. The first-order valence-corrected chi connectivity index (χ1v) is 7.18. The van der Waals surface area contributed by atoms with E-state index in [1.165, 1.54) is 18.6 Å². The zero-order valence-corrected chi connectivity index (χ0v) is 12.1. The van der Waals surface area contributed by atoms with Crippen molar-refractivity contribution in [2.75, 3.05) is 0 Å². The second-order valence-electron chi connectivity index (χ2n) is 6.50. The van der Waals surface area contributed by atoms with Crippen LogP contribution in [0, 0.1) is 24.1 Å². The molecule has 0 radical (unpaired) electrons.